The number of guanidine groups is 1. The Morgan fingerprint density at radius 2 is 1.93 bits per heavy atom. The number of hydrogen-bond acceptors (Lipinski definition) is 4. The van der Waals surface area contributed by atoms with Gasteiger partial charge in [0.15, 0.2) is 5.96 Å². The van der Waals surface area contributed by atoms with Gasteiger partial charge in [0.25, 0.3) is 0 Å². The van der Waals surface area contributed by atoms with Crippen LogP contribution in [0.15, 0.2) is 46.8 Å². The zero-order valence-electron chi connectivity index (χ0n) is 16.6. The molecule has 154 valence electrons. The van der Waals surface area contributed by atoms with Crippen LogP contribution >= 0.6 is 35.3 Å². The fraction of sp³-hybridized carbons (Fsp3) is 0.476. The smallest absolute Gasteiger partial charge is 0.191 e. The first kappa shape index (κ1) is 23.0. The molecule has 0 spiro atoms. The number of hydrogen-bond donors (Lipinski definition) is 2. The van der Waals surface area contributed by atoms with Gasteiger partial charge < -0.3 is 20.1 Å². The number of nitrogens with one attached hydrogen (secondary N) is 2. The average molecular weight is 515 g/mol. The number of thiophene rings is 1. The lowest BCUT2D eigenvalue weighted by Gasteiger charge is -2.38. The van der Waals surface area contributed by atoms with E-state index in [2.05, 4.69) is 47.2 Å². The van der Waals surface area contributed by atoms with Gasteiger partial charge in [0.1, 0.15) is 5.75 Å². The Balaban J connectivity index is 0.00000280. The fourth-order valence-electron chi connectivity index (χ4n) is 3.43. The third-order valence-electron chi connectivity index (χ3n) is 5.06. The van der Waals surface area contributed by atoms with Crippen LogP contribution in [0.3, 0.4) is 0 Å². The fourth-order valence-corrected chi connectivity index (χ4v) is 4.06. The maximum atomic E-state index is 5.64. The van der Waals surface area contributed by atoms with Crippen LogP contribution in [0.25, 0.3) is 0 Å². The van der Waals surface area contributed by atoms with Crippen molar-refractivity contribution in [1.82, 2.24) is 10.6 Å². The average Bonchev–Trinajstić information content (AvgIpc) is 3.24. The van der Waals surface area contributed by atoms with E-state index in [1.807, 2.05) is 12.1 Å². The predicted molar refractivity (Wildman–Crippen MR) is 127 cm³/mol. The molecule has 1 aliphatic heterocycles. The zero-order chi connectivity index (χ0) is 19.0. The number of methoxy groups -OCH3 is 1. The van der Waals surface area contributed by atoms with E-state index in [1.54, 1.807) is 18.4 Å². The standard InChI is InChI=1S/C21H29N3O2S.HI/c1-3-22-20(23-15-19-5-4-14-27-19)24-16-21(10-12-26-13-11-21)17-6-8-18(25-2)9-7-17;/h4-9,14H,3,10-13,15-16H2,1-2H3,(H2,22,23,24);1H. The molecule has 0 saturated carbocycles. The lowest BCUT2D eigenvalue weighted by atomic mass is 9.74. The summed E-state index contributed by atoms with van der Waals surface area (Å²) in [5.74, 6) is 1.75. The van der Waals surface area contributed by atoms with Crippen LogP contribution in [0.5, 0.6) is 5.75 Å². The van der Waals surface area contributed by atoms with Gasteiger partial charge in [0.2, 0.25) is 0 Å². The molecule has 1 fully saturated rings. The summed E-state index contributed by atoms with van der Waals surface area (Å²) >= 11 is 1.74. The summed E-state index contributed by atoms with van der Waals surface area (Å²) in [6.07, 6.45) is 1.99. The van der Waals surface area contributed by atoms with E-state index in [4.69, 9.17) is 14.5 Å². The first-order chi connectivity index (χ1) is 13.3. The summed E-state index contributed by atoms with van der Waals surface area (Å²) in [5, 5.41) is 9.03. The molecule has 7 heteroatoms. The Labute approximate surface area is 189 Å². The molecule has 0 aliphatic carbocycles. The molecule has 0 unspecified atom stereocenters. The molecule has 2 aromatic rings. The summed E-state index contributed by atoms with van der Waals surface area (Å²) < 4.78 is 11.0. The van der Waals surface area contributed by atoms with Gasteiger partial charge in [0, 0.05) is 36.6 Å². The van der Waals surface area contributed by atoms with Gasteiger partial charge in [-0.3, -0.25) is 0 Å². The van der Waals surface area contributed by atoms with Crippen molar-refractivity contribution in [2.24, 2.45) is 4.99 Å². The van der Waals surface area contributed by atoms with Crippen molar-refractivity contribution in [2.45, 2.75) is 31.7 Å². The van der Waals surface area contributed by atoms with Crippen molar-refractivity contribution in [3.8, 4) is 5.75 Å². The third kappa shape index (κ3) is 6.09. The highest BCUT2D eigenvalue weighted by molar-refractivity contribution is 14.0. The van der Waals surface area contributed by atoms with E-state index in [1.165, 1.54) is 10.4 Å². The Morgan fingerprint density at radius 3 is 2.54 bits per heavy atom. The third-order valence-corrected chi connectivity index (χ3v) is 5.92. The molecule has 5 nitrogen and oxygen atoms in total. The van der Waals surface area contributed by atoms with Gasteiger partial charge in [0.05, 0.1) is 13.7 Å². The van der Waals surface area contributed by atoms with E-state index >= 15 is 0 Å². The van der Waals surface area contributed by atoms with E-state index in [-0.39, 0.29) is 29.4 Å². The molecule has 0 bridgehead atoms. The van der Waals surface area contributed by atoms with E-state index in [0.29, 0.717) is 6.54 Å². The Kier molecular flexibility index (Phi) is 9.53. The quantitative estimate of drug-likeness (QED) is 0.330. The molecule has 1 aromatic carbocycles. The molecule has 0 amide bonds. The highest BCUT2D eigenvalue weighted by Gasteiger charge is 2.34. The van der Waals surface area contributed by atoms with Crippen LogP contribution in [0.2, 0.25) is 0 Å². The molecule has 1 aromatic heterocycles. The van der Waals surface area contributed by atoms with Gasteiger partial charge >= 0.3 is 0 Å². The van der Waals surface area contributed by atoms with Gasteiger partial charge in [-0.05, 0) is 48.9 Å². The molecule has 1 saturated heterocycles. The lowest BCUT2D eigenvalue weighted by molar-refractivity contribution is 0.0513. The van der Waals surface area contributed by atoms with Crippen LogP contribution in [-0.4, -0.2) is 39.4 Å². The van der Waals surface area contributed by atoms with Crippen molar-refractivity contribution in [2.75, 3.05) is 33.4 Å². The van der Waals surface area contributed by atoms with Crippen molar-refractivity contribution < 1.29 is 9.47 Å². The highest BCUT2D eigenvalue weighted by atomic mass is 127. The van der Waals surface area contributed by atoms with E-state index in [0.717, 1.165) is 50.9 Å². The minimum Gasteiger partial charge on any atom is -0.497 e. The van der Waals surface area contributed by atoms with Crippen LogP contribution in [0.1, 0.15) is 30.2 Å². The Hall–Kier alpha value is -1.32. The number of ether oxygens (including phenoxy) is 2. The molecular formula is C21H30IN3O2S. The van der Waals surface area contributed by atoms with Crippen molar-refractivity contribution in [1.29, 1.82) is 0 Å². The van der Waals surface area contributed by atoms with Crippen LogP contribution in [0.4, 0.5) is 0 Å². The summed E-state index contributed by atoms with van der Waals surface area (Å²) in [5.41, 5.74) is 1.37. The van der Waals surface area contributed by atoms with E-state index < -0.39 is 0 Å². The second-order valence-electron chi connectivity index (χ2n) is 6.75. The summed E-state index contributed by atoms with van der Waals surface area (Å²) in [7, 11) is 1.70. The first-order valence-corrected chi connectivity index (χ1v) is 10.4. The maximum absolute atomic E-state index is 5.64. The normalized spacial score (nSPS) is 16.1. The first-order valence-electron chi connectivity index (χ1n) is 9.52. The lowest BCUT2D eigenvalue weighted by Crippen LogP contribution is -2.48. The van der Waals surface area contributed by atoms with Crippen molar-refractivity contribution >= 4 is 41.3 Å². The zero-order valence-corrected chi connectivity index (χ0v) is 19.7. The highest BCUT2D eigenvalue weighted by Crippen LogP contribution is 2.35. The van der Waals surface area contributed by atoms with Gasteiger partial charge in [-0.25, -0.2) is 4.99 Å². The maximum Gasteiger partial charge on any atom is 0.191 e. The number of benzene rings is 1. The monoisotopic (exact) mass is 515 g/mol. The molecule has 2 N–H and O–H groups in total. The van der Waals surface area contributed by atoms with E-state index in [9.17, 15) is 0 Å². The Morgan fingerprint density at radius 1 is 1.18 bits per heavy atom. The molecular weight excluding hydrogens is 485 g/mol. The summed E-state index contributed by atoms with van der Waals surface area (Å²) in [6.45, 7) is 6.04. The minimum atomic E-state index is 0. The number of rotatable bonds is 7. The SMILES string of the molecule is CCNC(=NCc1cccs1)NCC1(c2ccc(OC)cc2)CCOCC1.I. The number of aliphatic imine (C=N–C) groups is 1. The van der Waals surface area contributed by atoms with Crippen LogP contribution in [0, 0.1) is 0 Å². The molecule has 2 heterocycles. The molecule has 1 aliphatic rings. The minimum absolute atomic E-state index is 0. The summed E-state index contributed by atoms with van der Waals surface area (Å²) in [6, 6.07) is 12.6. The summed E-state index contributed by atoms with van der Waals surface area (Å²) in [4.78, 5) is 6.01. The molecule has 0 atom stereocenters. The second kappa shape index (κ2) is 11.6. The second-order valence-corrected chi connectivity index (χ2v) is 7.78. The van der Waals surface area contributed by atoms with Crippen molar-refractivity contribution in [3.63, 3.8) is 0 Å². The molecule has 28 heavy (non-hydrogen) atoms. The van der Waals surface area contributed by atoms with Gasteiger partial charge in [-0.15, -0.1) is 35.3 Å². The number of nitrogens with zero attached hydrogens (tertiary/aromatic N) is 1. The Bertz CT molecular complexity index is 714. The van der Waals surface area contributed by atoms with Gasteiger partial charge in [-0.1, -0.05) is 18.2 Å². The van der Waals surface area contributed by atoms with Crippen molar-refractivity contribution in [3.05, 3.63) is 52.2 Å². The van der Waals surface area contributed by atoms with Gasteiger partial charge in [-0.2, -0.15) is 0 Å². The number of halogens is 1. The predicted octanol–water partition coefficient (Wildman–Crippen LogP) is 4.18. The molecule has 3 rings (SSSR count). The largest absolute Gasteiger partial charge is 0.497 e. The topological polar surface area (TPSA) is 54.9 Å². The van der Waals surface area contributed by atoms with Crippen LogP contribution in [-0.2, 0) is 16.7 Å². The molecule has 0 radical (unpaired) electrons. The van der Waals surface area contributed by atoms with Crippen LogP contribution < -0.4 is 15.4 Å².